The molecule has 0 aromatic heterocycles. The van der Waals surface area contributed by atoms with Crippen LogP contribution in [0.2, 0.25) is 0 Å². The van der Waals surface area contributed by atoms with Gasteiger partial charge in [0.2, 0.25) is 0 Å². The lowest BCUT2D eigenvalue weighted by Gasteiger charge is -2.31. The van der Waals surface area contributed by atoms with Crippen molar-refractivity contribution >= 4 is 0 Å². The molecule has 23 heavy (non-hydrogen) atoms. The van der Waals surface area contributed by atoms with Gasteiger partial charge in [-0.1, -0.05) is 101 Å². The molecule has 0 heterocycles. The Kier molecular flexibility index (Phi) is 4.94. The standard InChI is InChI=1S/C23H28/c1-7-18(8-2)22(3,4)20-15-12-16-21(17-20)23(5,6)19-13-10-9-11-14-19/h7-17H,1H2,2-6H3/b18-8+. The van der Waals surface area contributed by atoms with E-state index in [0.29, 0.717) is 0 Å². The first-order chi connectivity index (χ1) is 10.8. The number of hydrogen-bond donors (Lipinski definition) is 0. The van der Waals surface area contributed by atoms with E-state index in [4.69, 9.17) is 0 Å². The van der Waals surface area contributed by atoms with Gasteiger partial charge in [-0.2, -0.15) is 0 Å². The Morgan fingerprint density at radius 1 is 0.826 bits per heavy atom. The molecule has 120 valence electrons. The topological polar surface area (TPSA) is 0 Å². The van der Waals surface area contributed by atoms with Crippen molar-refractivity contribution in [2.24, 2.45) is 0 Å². The third-order valence-corrected chi connectivity index (χ3v) is 5.05. The summed E-state index contributed by atoms with van der Waals surface area (Å²) in [6.07, 6.45) is 4.12. The van der Waals surface area contributed by atoms with Crippen molar-refractivity contribution in [3.8, 4) is 0 Å². The average molecular weight is 304 g/mol. The van der Waals surface area contributed by atoms with Crippen LogP contribution in [0.3, 0.4) is 0 Å². The van der Waals surface area contributed by atoms with Gasteiger partial charge in [0.05, 0.1) is 0 Å². The van der Waals surface area contributed by atoms with Gasteiger partial charge in [0.25, 0.3) is 0 Å². The van der Waals surface area contributed by atoms with Crippen molar-refractivity contribution in [1.82, 2.24) is 0 Å². The van der Waals surface area contributed by atoms with E-state index in [1.54, 1.807) is 0 Å². The van der Waals surface area contributed by atoms with E-state index in [1.807, 2.05) is 6.08 Å². The Labute approximate surface area is 141 Å². The molecule has 2 rings (SSSR count). The van der Waals surface area contributed by atoms with Gasteiger partial charge in [-0.05, 0) is 29.2 Å². The van der Waals surface area contributed by atoms with E-state index >= 15 is 0 Å². The molecule has 2 aromatic rings. The van der Waals surface area contributed by atoms with Gasteiger partial charge in [0, 0.05) is 10.8 Å². The van der Waals surface area contributed by atoms with Gasteiger partial charge in [0.15, 0.2) is 0 Å². The summed E-state index contributed by atoms with van der Waals surface area (Å²) in [5, 5.41) is 0. The second kappa shape index (κ2) is 6.58. The SMILES string of the molecule is C=C/C(=C\C)C(C)(C)c1cccc(C(C)(C)c2ccccc2)c1. The molecule has 0 saturated heterocycles. The molecule has 0 nitrogen and oxygen atoms in total. The molecule has 0 atom stereocenters. The van der Waals surface area contributed by atoms with Crippen LogP contribution in [-0.2, 0) is 10.8 Å². The zero-order chi connectivity index (χ0) is 17.1. The Morgan fingerprint density at radius 2 is 1.39 bits per heavy atom. The molecule has 0 spiro atoms. The van der Waals surface area contributed by atoms with Crippen LogP contribution in [0.4, 0.5) is 0 Å². The maximum Gasteiger partial charge on any atom is 0.0146 e. The van der Waals surface area contributed by atoms with Gasteiger partial charge in [0.1, 0.15) is 0 Å². The minimum absolute atomic E-state index is 0.0162. The number of rotatable bonds is 5. The van der Waals surface area contributed by atoms with Crippen LogP contribution in [0.1, 0.15) is 51.3 Å². The molecular weight excluding hydrogens is 276 g/mol. The molecule has 0 heteroatoms. The van der Waals surface area contributed by atoms with Crippen LogP contribution in [0.25, 0.3) is 0 Å². The predicted molar refractivity (Wildman–Crippen MR) is 102 cm³/mol. The Balaban J connectivity index is 2.51. The molecule has 0 aliphatic heterocycles. The lowest BCUT2D eigenvalue weighted by Crippen LogP contribution is -2.23. The molecule has 0 N–H and O–H groups in total. The normalized spacial score (nSPS) is 13.0. The summed E-state index contributed by atoms with van der Waals surface area (Å²) in [7, 11) is 0. The van der Waals surface area contributed by atoms with E-state index in [0.717, 1.165) is 0 Å². The number of hydrogen-bond acceptors (Lipinski definition) is 0. The molecule has 0 fully saturated rings. The third kappa shape index (κ3) is 3.32. The minimum Gasteiger partial charge on any atom is -0.0988 e. The van der Waals surface area contributed by atoms with Crippen molar-refractivity contribution in [2.75, 3.05) is 0 Å². The van der Waals surface area contributed by atoms with Crippen LogP contribution in [0.5, 0.6) is 0 Å². The van der Waals surface area contributed by atoms with Crippen LogP contribution in [0, 0.1) is 0 Å². The first-order valence-electron chi connectivity index (χ1n) is 8.29. The molecule has 0 bridgehead atoms. The van der Waals surface area contributed by atoms with E-state index in [9.17, 15) is 0 Å². The molecule has 0 aliphatic rings. The highest BCUT2D eigenvalue weighted by Gasteiger charge is 2.27. The molecule has 0 aliphatic carbocycles. The Bertz CT molecular complexity index is 700. The number of allylic oxidation sites excluding steroid dienone is 3. The summed E-state index contributed by atoms with van der Waals surface area (Å²) >= 11 is 0. The molecule has 0 unspecified atom stereocenters. The van der Waals surface area contributed by atoms with Gasteiger partial charge in [-0.15, -0.1) is 0 Å². The van der Waals surface area contributed by atoms with Crippen molar-refractivity contribution in [2.45, 2.75) is 45.4 Å². The van der Waals surface area contributed by atoms with Gasteiger partial charge in [-0.3, -0.25) is 0 Å². The van der Waals surface area contributed by atoms with Crippen LogP contribution >= 0.6 is 0 Å². The lowest BCUT2D eigenvalue weighted by molar-refractivity contribution is 0.616. The first-order valence-corrected chi connectivity index (χ1v) is 8.29. The molecule has 2 aromatic carbocycles. The largest absolute Gasteiger partial charge is 0.0988 e. The average Bonchev–Trinajstić information content (AvgIpc) is 2.56. The van der Waals surface area contributed by atoms with Crippen molar-refractivity contribution in [3.05, 3.63) is 95.6 Å². The lowest BCUT2D eigenvalue weighted by atomic mass is 9.73. The third-order valence-electron chi connectivity index (χ3n) is 5.05. The van der Waals surface area contributed by atoms with E-state index < -0.39 is 0 Å². The monoisotopic (exact) mass is 304 g/mol. The van der Waals surface area contributed by atoms with E-state index in [1.165, 1.54) is 22.3 Å². The molecule has 0 saturated carbocycles. The fourth-order valence-corrected chi connectivity index (χ4v) is 3.22. The fraction of sp³-hybridized carbons (Fsp3) is 0.304. The molecule has 0 amide bonds. The zero-order valence-corrected chi connectivity index (χ0v) is 15.1. The van der Waals surface area contributed by atoms with E-state index in [2.05, 4.69) is 102 Å². The smallest absolute Gasteiger partial charge is 0.0146 e. The summed E-state index contributed by atoms with van der Waals surface area (Å²) in [6, 6.07) is 19.7. The van der Waals surface area contributed by atoms with Gasteiger partial charge >= 0.3 is 0 Å². The Hall–Kier alpha value is -2.08. The second-order valence-electron chi connectivity index (χ2n) is 7.14. The van der Waals surface area contributed by atoms with Crippen LogP contribution in [0.15, 0.2) is 78.9 Å². The highest BCUT2D eigenvalue weighted by Crippen LogP contribution is 2.37. The summed E-state index contributed by atoms with van der Waals surface area (Å²) in [5.74, 6) is 0. The van der Waals surface area contributed by atoms with Crippen LogP contribution in [-0.4, -0.2) is 0 Å². The fourth-order valence-electron chi connectivity index (χ4n) is 3.22. The first kappa shape index (κ1) is 17.3. The Morgan fingerprint density at radius 3 is 1.96 bits per heavy atom. The highest BCUT2D eigenvalue weighted by atomic mass is 14.3. The van der Waals surface area contributed by atoms with Gasteiger partial charge in [-0.25, -0.2) is 0 Å². The summed E-state index contributed by atoms with van der Waals surface area (Å²) in [4.78, 5) is 0. The zero-order valence-electron chi connectivity index (χ0n) is 15.1. The van der Waals surface area contributed by atoms with Crippen molar-refractivity contribution in [1.29, 1.82) is 0 Å². The predicted octanol–water partition coefficient (Wildman–Crippen LogP) is 6.42. The molecular formula is C23H28. The van der Waals surface area contributed by atoms with Crippen molar-refractivity contribution < 1.29 is 0 Å². The molecule has 0 radical (unpaired) electrons. The van der Waals surface area contributed by atoms with Crippen LogP contribution < -0.4 is 0 Å². The maximum atomic E-state index is 3.97. The van der Waals surface area contributed by atoms with Gasteiger partial charge < -0.3 is 0 Å². The second-order valence-corrected chi connectivity index (χ2v) is 7.14. The van der Waals surface area contributed by atoms with E-state index in [-0.39, 0.29) is 10.8 Å². The summed E-state index contributed by atoms with van der Waals surface area (Å²) in [6.45, 7) is 15.2. The quantitative estimate of drug-likeness (QED) is 0.559. The highest BCUT2D eigenvalue weighted by molar-refractivity contribution is 5.45. The summed E-state index contributed by atoms with van der Waals surface area (Å²) < 4.78 is 0. The number of benzene rings is 2. The minimum atomic E-state index is -0.0424. The maximum absolute atomic E-state index is 3.97. The summed E-state index contributed by atoms with van der Waals surface area (Å²) in [5.41, 5.74) is 5.20. The van der Waals surface area contributed by atoms with Crippen molar-refractivity contribution in [3.63, 3.8) is 0 Å².